The van der Waals surface area contributed by atoms with Crippen LogP contribution in [0.2, 0.25) is 0 Å². The molecule has 0 aromatic rings. The van der Waals surface area contributed by atoms with Crippen molar-refractivity contribution in [1.29, 1.82) is 0 Å². The van der Waals surface area contributed by atoms with Gasteiger partial charge in [-0.2, -0.15) is 0 Å². The lowest BCUT2D eigenvalue weighted by molar-refractivity contribution is -0.312. The fraction of sp³-hybridized carbons (Fsp3) is 0.698. The smallest absolute Gasteiger partial charge is 0.311 e. The molecule has 0 saturated carbocycles. The van der Waals surface area contributed by atoms with Crippen LogP contribution in [0.1, 0.15) is 91.9 Å². The molecule has 0 radical (unpaired) electrons. The van der Waals surface area contributed by atoms with Gasteiger partial charge >= 0.3 is 11.9 Å². The number of hydrogen-bond acceptors (Lipinski definition) is 19. The van der Waals surface area contributed by atoms with E-state index in [1.165, 1.54) is 0 Å². The summed E-state index contributed by atoms with van der Waals surface area (Å²) in [7, 11) is 0. The van der Waals surface area contributed by atoms with E-state index in [0.717, 1.165) is 0 Å². The molecule has 0 aliphatic carbocycles. The highest BCUT2D eigenvalue weighted by Crippen LogP contribution is 2.38. The normalized spacial score (nSPS) is 41.9. The Morgan fingerprint density at radius 1 is 0.671 bits per heavy atom. The number of carbonyl (C=O) groups excluding carboxylic acids is 1. The number of cyclic esters (lactones) is 1. The number of ether oxygens (including phenoxy) is 4. The Bertz CT molecular complexity index is 1820. The molecule has 0 aromatic heterocycles. The van der Waals surface area contributed by atoms with E-state index in [9.17, 15) is 65.8 Å². The lowest BCUT2D eigenvalue weighted by atomic mass is 9.82. The highest BCUT2D eigenvalue weighted by atomic mass is 16.7. The zero-order valence-corrected chi connectivity index (χ0v) is 42.8. The van der Waals surface area contributed by atoms with Crippen molar-refractivity contribution in [2.75, 3.05) is 26.2 Å². The van der Waals surface area contributed by atoms with Crippen molar-refractivity contribution in [2.45, 2.75) is 189 Å². The van der Waals surface area contributed by atoms with Crippen molar-refractivity contribution in [1.82, 2.24) is 4.90 Å². The summed E-state index contributed by atoms with van der Waals surface area (Å²) in [6.07, 6.45) is 4.83. The molecule has 2 fully saturated rings. The first-order valence-electron chi connectivity index (χ1n) is 25.7. The molecule has 2 saturated heterocycles. The number of rotatable bonds is 10. The van der Waals surface area contributed by atoms with Crippen LogP contribution in [0, 0.1) is 17.8 Å². The van der Waals surface area contributed by atoms with E-state index in [4.69, 9.17) is 30.4 Å². The number of aliphatic carboxylic acids is 1. The lowest BCUT2D eigenvalue weighted by Crippen LogP contribution is -2.64. The molecule has 3 aliphatic rings. The van der Waals surface area contributed by atoms with Crippen molar-refractivity contribution >= 4 is 11.9 Å². The first kappa shape index (κ1) is 63.8. The molecule has 20 nitrogen and oxygen atoms in total. The van der Waals surface area contributed by atoms with Gasteiger partial charge in [-0.25, -0.2) is 0 Å². The molecule has 3 aliphatic heterocycles. The Kier molecular flexibility index (Phi) is 28.7. The SMILES string of the molecule is C[C@@H]1[C@H](O)[C@@H](C)/C=C/C=C/C=C/C=C/C=C/C=C/C=C/[C@H](OC2O[C@H](C)[C@@H](O)[C@H](N(CCCN)CCCN)[C@@H]2O)CC2O[C@](O)(C[C@@H](O)C[C@@H](O)[C@H](O)CC[C@@H](O)C[C@@H](O)CC(=O)O[C@H]1C)C[C@H](O)[C@H]2C(=O)O. The summed E-state index contributed by atoms with van der Waals surface area (Å²) < 4.78 is 23.9. The van der Waals surface area contributed by atoms with Gasteiger partial charge in [0.2, 0.25) is 0 Å². The van der Waals surface area contributed by atoms with E-state index < -0.39 is 147 Å². The Hall–Kier alpha value is -3.52. The van der Waals surface area contributed by atoms with Crippen LogP contribution in [0.3, 0.4) is 0 Å². The van der Waals surface area contributed by atoms with Gasteiger partial charge in [-0.3, -0.25) is 14.5 Å². The minimum Gasteiger partial charge on any atom is -0.481 e. The average molecular weight is 1040 g/mol. The Morgan fingerprint density at radius 3 is 1.79 bits per heavy atom. The number of carbonyl (C=O) groups is 2. The van der Waals surface area contributed by atoms with E-state index in [1.807, 2.05) is 42.2 Å². The summed E-state index contributed by atoms with van der Waals surface area (Å²) in [5.74, 6) is -6.87. The molecule has 15 N–H and O–H groups in total. The summed E-state index contributed by atoms with van der Waals surface area (Å²) in [5.41, 5.74) is 11.6. The van der Waals surface area contributed by atoms with Gasteiger partial charge in [0.15, 0.2) is 12.1 Å². The second kappa shape index (κ2) is 32.8. The quantitative estimate of drug-likeness (QED) is 0.134. The van der Waals surface area contributed by atoms with E-state index in [0.29, 0.717) is 39.0 Å². The zero-order chi connectivity index (χ0) is 54.3. The molecule has 73 heavy (non-hydrogen) atoms. The maximum Gasteiger partial charge on any atom is 0.311 e. The van der Waals surface area contributed by atoms with Gasteiger partial charge in [-0.1, -0.05) is 98.9 Å². The molecule has 19 atom stereocenters. The minimum absolute atomic E-state index is 0.112. The van der Waals surface area contributed by atoms with Crippen molar-refractivity contribution in [3.8, 4) is 0 Å². The van der Waals surface area contributed by atoms with Gasteiger partial charge in [0.25, 0.3) is 0 Å². The average Bonchev–Trinajstić information content (AvgIpc) is 3.31. The van der Waals surface area contributed by atoms with E-state index >= 15 is 0 Å². The lowest BCUT2D eigenvalue weighted by Gasteiger charge is -2.47. The molecule has 0 amide bonds. The molecule has 416 valence electrons. The van der Waals surface area contributed by atoms with Crippen LogP contribution < -0.4 is 11.5 Å². The standard InChI is InChI=1S/C53H87N3O17/c1-33-19-15-13-11-9-7-5-6-8-10-12-14-16-20-40(72-52-50(66)47(49(65)36(4)71-52)56(25-17-23-54)26-18-24-55)30-44-46(51(67)68)43(62)32-53(69,73-44)31-39(59)28-42(61)41(60)22-21-37(57)27-38(58)29-45(63)70-35(3)34(2)48(33)64/h5-16,19-20,33-44,46-50,52,57-62,64-66,69H,17-18,21-32,54-55H2,1-4H3,(H,67,68)/b6-5+,9-7+,10-8+,13-11+,14-12+,19-15+,20-16+/t33-,34-,35-,36+,37+,38+,39-,40-,41+,42+,43-,44?,46+,47-,48+,49+,50-,52?,53+/m0/s1. The van der Waals surface area contributed by atoms with Crippen molar-refractivity contribution < 1.29 is 84.7 Å². The van der Waals surface area contributed by atoms with Gasteiger partial charge in [0.05, 0.1) is 79.6 Å². The van der Waals surface area contributed by atoms with Crippen LogP contribution in [-0.2, 0) is 28.5 Å². The molecule has 3 rings (SSSR count). The highest BCUT2D eigenvalue weighted by Gasteiger charge is 2.51. The third-order valence-electron chi connectivity index (χ3n) is 13.7. The molecular formula is C53H87N3O17. The van der Waals surface area contributed by atoms with E-state index in [2.05, 4.69) is 0 Å². The number of fused-ring (bicyclic) bond motifs is 2. The number of nitrogens with two attached hydrogens (primary N) is 2. The Balaban J connectivity index is 1.94. The molecule has 2 bridgehead atoms. The summed E-state index contributed by atoms with van der Waals surface area (Å²) in [6.45, 7) is 8.44. The zero-order valence-electron chi connectivity index (χ0n) is 42.8. The van der Waals surface area contributed by atoms with Gasteiger partial charge in [0.1, 0.15) is 18.1 Å². The highest BCUT2D eigenvalue weighted by molar-refractivity contribution is 5.71. The first-order valence-corrected chi connectivity index (χ1v) is 25.7. The van der Waals surface area contributed by atoms with Gasteiger partial charge < -0.3 is 86.6 Å². The number of esters is 1. The van der Waals surface area contributed by atoms with Crippen molar-refractivity contribution in [3.05, 3.63) is 85.1 Å². The van der Waals surface area contributed by atoms with Crippen molar-refractivity contribution in [2.24, 2.45) is 29.2 Å². The Morgan fingerprint density at radius 2 is 1.23 bits per heavy atom. The predicted molar refractivity (Wildman–Crippen MR) is 272 cm³/mol. The van der Waals surface area contributed by atoms with Crippen LogP contribution >= 0.6 is 0 Å². The number of aliphatic hydroxyl groups excluding tert-OH is 9. The summed E-state index contributed by atoms with van der Waals surface area (Å²) in [5, 5.41) is 121. The maximum atomic E-state index is 12.7. The predicted octanol–water partition coefficient (Wildman–Crippen LogP) is 0.753. The van der Waals surface area contributed by atoms with Gasteiger partial charge in [-0.05, 0) is 72.1 Å². The molecule has 0 aromatic carbocycles. The van der Waals surface area contributed by atoms with E-state index in [-0.39, 0.29) is 31.6 Å². The maximum absolute atomic E-state index is 12.7. The van der Waals surface area contributed by atoms with Crippen LogP contribution in [0.4, 0.5) is 0 Å². The van der Waals surface area contributed by atoms with Gasteiger partial charge in [-0.15, -0.1) is 0 Å². The van der Waals surface area contributed by atoms with Crippen LogP contribution in [0.15, 0.2) is 85.1 Å². The fourth-order valence-corrected chi connectivity index (χ4v) is 9.34. The topological polar surface area (TPSA) is 349 Å². The van der Waals surface area contributed by atoms with Crippen molar-refractivity contribution in [3.63, 3.8) is 0 Å². The summed E-state index contributed by atoms with van der Waals surface area (Å²) in [4.78, 5) is 27.3. The number of aliphatic hydroxyl groups is 10. The molecular weight excluding hydrogens is 951 g/mol. The molecule has 2 unspecified atom stereocenters. The minimum atomic E-state index is -2.34. The van der Waals surface area contributed by atoms with E-state index in [1.54, 1.807) is 75.5 Å². The van der Waals surface area contributed by atoms with Crippen LogP contribution in [0.5, 0.6) is 0 Å². The number of nitrogens with zero attached hydrogens (tertiary/aromatic N) is 1. The van der Waals surface area contributed by atoms with Crippen LogP contribution in [0.25, 0.3) is 0 Å². The number of allylic oxidation sites excluding steroid dienone is 12. The number of hydrogen-bond donors (Lipinski definition) is 13. The number of carboxylic acid groups (broad SMARTS) is 1. The molecule has 3 heterocycles. The summed E-state index contributed by atoms with van der Waals surface area (Å²) >= 11 is 0. The Labute approximate surface area is 430 Å². The number of carboxylic acids is 1. The first-order chi connectivity index (χ1) is 34.6. The van der Waals surface area contributed by atoms with Gasteiger partial charge in [0, 0.05) is 37.5 Å². The fourth-order valence-electron chi connectivity index (χ4n) is 9.34. The molecule has 20 heteroatoms. The monoisotopic (exact) mass is 1040 g/mol. The third-order valence-corrected chi connectivity index (χ3v) is 13.7. The second-order valence-corrected chi connectivity index (χ2v) is 19.8. The summed E-state index contributed by atoms with van der Waals surface area (Å²) in [6, 6.07) is -0.868. The largest absolute Gasteiger partial charge is 0.481 e. The second-order valence-electron chi connectivity index (χ2n) is 19.8. The third kappa shape index (κ3) is 21.9. The molecule has 0 spiro atoms. The van der Waals surface area contributed by atoms with Crippen LogP contribution in [-0.4, -0.2) is 197 Å².